The molecular formula is C13H26N2OS. The molecule has 0 spiro atoms. The highest BCUT2D eigenvalue weighted by atomic mass is 32.2. The lowest BCUT2D eigenvalue weighted by Gasteiger charge is -2.21. The first-order chi connectivity index (χ1) is 8.26. The molecule has 0 aromatic heterocycles. The van der Waals surface area contributed by atoms with Gasteiger partial charge in [-0.15, -0.1) is 0 Å². The van der Waals surface area contributed by atoms with Gasteiger partial charge in [-0.25, -0.2) is 0 Å². The Bertz CT molecular complexity index is 213. The molecule has 1 saturated heterocycles. The first kappa shape index (κ1) is 14.8. The van der Waals surface area contributed by atoms with Gasteiger partial charge in [0.2, 0.25) is 5.91 Å². The Hall–Kier alpha value is -0.220. The third-order valence-corrected chi connectivity index (χ3v) is 4.46. The van der Waals surface area contributed by atoms with Crippen molar-refractivity contribution in [2.45, 2.75) is 45.6 Å². The molecule has 17 heavy (non-hydrogen) atoms. The third-order valence-electron chi connectivity index (χ3n) is 3.41. The van der Waals surface area contributed by atoms with E-state index in [1.807, 2.05) is 11.8 Å². The molecule has 0 aromatic rings. The molecule has 0 atom stereocenters. The highest BCUT2D eigenvalue weighted by Crippen LogP contribution is 2.21. The van der Waals surface area contributed by atoms with Crippen molar-refractivity contribution in [3.63, 3.8) is 0 Å². The molecule has 1 amide bonds. The standard InChI is InChI=1S/C13H26N2OS/c1-3-12(4-2)15-13(16)10-14-9-11-5-7-17-8-6-11/h11-12,14H,3-10H2,1-2H3,(H,15,16). The lowest BCUT2D eigenvalue weighted by molar-refractivity contribution is -0.121. The van der Waals surface area contributed by atoms with Crippen molar-refractivity contribution in [3.8, 4) is 0 Å². The fourth-order valence-corrected chi connectivity index (χ4v) is 3.32. The smallest absolute Gasteiger partial charge is 0.234 e. The average Bonchev–Trinajstić information content (AvgIpc) is 2.37. The van der Waals surface area contributed by atoms with Crippen LogP contribution >= 0.6 is 11.8 Å². The number of carbonyl (C=O) groups excluding carboxylic acids is 1. The number of amides is 1. The van der Waals surface area contributed by atoms with E-state index in [0.717, 1.165) is 25.3 Å². The maximum Gasteiger partial charge on any atom is 0.234 e. The Kier molecular flexibility index (Phi) is 7.69. The zero-order valence-electron chi connectivity index (χ0n) is 11.1. The van der Waals surface area contributed by atoms with Crippen LogP contribution in [0.2, 0.25) is 0 Å². The molecule has 1 fully saturated rings. The lowest BCUT2D eigenvalue weighted by atomic mass is 10.0. The highest BCUT2D eigenvalue weighted by Gasteiger charge is 2.14. The van der Waals surface area contributed by atoms with Gasteiger partial charge < -0.3 is 10.6 Å². The maximum absolute atomic E-state index is 11.6. The SMILES string of the molecule is CCC(CC)NC(=O)CNCC1CCSCC1. The second-order valence-corrected chi connectivity index (χ2v) is 5.99. The van der Waals surface area contributed by atoms with Gasteiger partial charge in [0.05, 0.1) is 6.54 Å². The molecule has 0 aliphatic carbocycles. The molecule has 4 heteroatoms. The molecule has 0 unspecified atom stereocenters. The Balaban J connectivity index is 2.06. The van der Waals surface area contributed by atoms with Crippen LogP contribution in [0.25, 0.3) is 0 Å². The summed E-state index contributed by atoms with van der Waals surface area (Å²) in [5.41, 5.74) is 0. The second kappa shape index (κ2) is 8.81. The molecule has 2 N–H and O–H groups in total. The van der Waals surface area contributed by atoms with E-state index < -0.39 is 0 Å². The van der Waals surface area contributed by atoms with E-state index in [9.17, 15) is 4.79 Å². The van der Waals surface area contributed by atoms with Crippen molar-refractivity contribution in [1.29, 1.82) is 0 Å². The van der Waals surface area contributed by atoms with E-state index in [1.54, 1.807) is 0 Å². The summed E-state index contributed by atoms with van der Waals surface area (Å²) in [7, 11) is 0. The van der Waals surface area contributed by atoms with Crippen LogP contribution in [-0.2, 0) is 4.79 Å². The summed E-state index contributed by atoms with van der Waals surface area (Å²) < 4.78 is 0. The molecule has 0 bridgehead atoms. The van der Waals surface area contributed by atoms with Gasteiger partial charge in [-0.05, 0) is 49.7 Å². The first-order valence-corrected chi connectivity index (χ1v) is 7.99. The van der Waals surface area contributed by atoms with Gasteiger partial charge in [0.25, 0.3) is 0 Å². The van der Waals surface area contributed by atoms with Crippen LogP contribution in [0.15, 0.2) is 0 Å². The molecule has 1 aliphatic rings. The van der Waals surface area contributed by atoms with Crippen LogP contribution in [0, 0.1) is 5.92 Å². The van der Waals surface area contributed by atoms with Gasteiger partial charge in [-0.2, -0.15) is 11.8 Å². The number of rotatable bonds is 7. The highest BCUT2D eigenvalue weighted by molar-refractivity contribution is 7.99. The minimum Gasteiger partial charge on any atom is -0.352 e. The van der Waals surface area contributed by atoms with Gasteiger partial charge in [0.15, 0.2) is 0 Å². The molecule has 0 aromatic carbocycles. The summed E-state index contributed by atoms with van der Waals surface area (Å²) in [4.78, 5) is 11.6. The minimum atomic E-state index is 0.142. The molecule has 0 saturated carbocycles. The number of hydrogen-bond acceptors (Lipinski definition) is 3. The number of thioether (sulfide) groups is 1. The summed E-state index contributed by atoms with van der Waals surface area (Å²) in [5, 5.41) is 6.34. The van der Waals surface area contributed by atoms with Gasteiger partial charge in [-0.1, -0.05) is 13.8 Å². The van der Waals surface area contributed by atoms with Crippen molar-refractivity contribution in [2.75, 3.05) is 24.6 Å². The molecule has 1 heterocycles. The number of hydrogen-bond donors (Lipinski definition) is 2. The van der Waals surface area contributed by atoms with Crippen molar-refractivity contribution < 1.29 is 4.79 Å². The second-order valence-electron chi connectivity index (χ2n) is 4.77. The summed E-state index contributed by atoms with van der Waals surface area (Å²) in [5.74, 6) is 3.49. The van der Waals surface area contributed by atoms with E-state index in [-0.39, 0.29) is 5.91 Å². The quantitative estimate of drug-likeness (QED) is 0.734. The molecule has 0 radical (unpaired) electrons. The predicted octanol–water partition coefficient (Wildman–Crippen LogP) is 2.02. The Morgan fingerprint density at radius 2 is 1.94 bits per heavy atom. The van der Waals surface area contributed by atoms with Gasteiger partial charge in [-0.3, -0.25) is 4.79 Å². The summed E-state index contributed by atoms with van der Waals surface area (Å²) in [6.07, 6.45) is 4.63. The third kappa shape index (κ3) is 6.32. The van der Waals surface area contributed by atoms with E-state index in [2.05, 4.69) is 24.5 Å². The zero-order chi connectivity index (χ0) is 12.5. The van der Waals surface area contributed by atoms with E-state index in [4.69, 9.17) is 0 Å². The van der Waals surface area contributed by atoms with Crippen LogP contribution in [0.4, 0.5) is 0 Å². The van der Waals surface area contributed by atoms with Crippen molar-refractivity contribution in [3.05, 3.63) is 0 Å². The topological polar surface area (TPSA) is 41.1 Å². The molecular weight excluding hydrogens is 232 g/mol. The number of nitrogens with one attached hydrogen (secondary N) is 2. The molecule has 100 valence electrons. The molecule has 3 nitrogen and oxygen atoms in total. The minimum absolute atomic E-state index is 0.142. The van der Waals surface area contributed by atoms with E-state index in [0.29, 0.717) is 12.6 Å². The fraction of sp³-hybridized carbons (Fsp3) is 0.923. The van der Waals surface area contributed by atoms with Crippen LogP contribution in [0.3, 0.4) is 0 Å². The average molecular weight is 258 g/mol. The van der Waals surface area contributed by atoms with Gasteiger partial charge >= 0.3 is 0 Å². The van der Waals surface area contributed by atoms with E-state index in [1.165, 1.54) is 24.3 Å². The lowest BCUT2D eigenvalue weighted by Crippen LogP contribution is -2.41. The molecule has 1 rings (SSSR count). The van der Waals surface area contributed by atoms with Crippen molar-refractivity contribution >= 4 is 17.7 Å². The van der Waals surface area contributed by atoms with Gasteiger partial charge in [0.1, 0.15) is 0 Å². The Labute approximate surface area is 109 Å². The number of carbonyl (C=O) groups is 1. The normalized spacial score (nSPS) is 17.4. The van der Waals surface area contributed by atoms with Crippen LogP contribution in [0.5, 0.6) is 0 Å². The van der Waals surface area contributed by atoms with Crippen LogP contribution < -0.4 is 10.6 Å². The van der Waals surface area contributed by atoms with Crippen molar-refractivity contribution in [2.24, 2.45) is 5.92 Å². The van der Waals surface area contributed by atoms with Crippen LogP contribution in [0.1, 0.15) is 39.5 Å². The zero-order valence-corrected chi connectivity index (χ0v) is 11.9. The fourth-order valence-electron chi connectivity index (χ4n) is 2.11. The van der Waals surface area contributed by atoms with E-state index >= 15 is 0 Å². The largest absolute Gasteiger partial charge is 0.352 e. The summed E-state index contributed by atoms with van der Waals surface area (Å²) in [6.45, 7) is 5.69. The maximum atomic E-state index is 11.6. The van der Waals surface area contributed by atoms with Gasteiger partial charge in [0, 0.05) is 6.04 Å². The van der Waals surface area contributed by atoms with Crippen LogP contribution in [-0.4, -0.2) is 36.5 Å². The molecule has 1 aliphatic heterocycles. The Morgan fingerprint density at radius 3 is 2.53 bits per heavy atom. The Morgan fingerprint density at radius 1 is 1.29 bits per heavy atom. The predicted molar refractivity (Wildman–Crippen MR) is 75.4 cm³/mol. The van der Waals surface area contributed by atoms with Crippen molar-refractivity contribution in [1.82, 2.24) is 10.6 Å². The summed E-state index contributed by atoms with van der Waals surface area (Å²) >= 11 is 2.05. The monoisotopic (exact) mass is 258 g/mol. The summed E-state index contributed by atoms with van der Waals surface area (Å²) in [6, 6.07) is 0.343. The first-order valence-electron chi connectivity index (χ1n) is 6.84.